The van der Waals surface area contributed by atoms with Gasteiger partial charge in [-0.25, -0.2) is 4.79 Å². The van der Waals surface area contributed by atoms with Crippen molar-refractivity contribution < 1.29 is 24.6 Å². The molecule has 3 atom stereocenters. The second-order valence-electron chi connectivity index (χ2n) is 4.56. The van der Waals surface area contributed by atoms with Gasteiger partial charge in [-0.1, -0.05) is 0 Å². The van der Waals surface area contributed by atoms with Gasteiger partial charge in [0, 0.05) is 6.54 Å². The largest absolute Gasteiger partial charge is 0.480 e. The molecule has 8 nitrogen and oxygen atoms in total. The summed E-state index contributed by atoms with van der Waals surface area (Å²) in [4.78, 5) is 35.7. The lowest BCUT2D eigenvalue weighted by Crippen LogP contribution is -2.55. The number of hydrogen-bond donors (Lipinski definition) is 4. The van der Waals surface area contributed by atoms with Gasteiger partial charge >= 0.3 is 5.97 Å². The molecule has 0 saturated carbocycles. The van der Waals surface area contributed by atoms with E-state index in [9.17, 15) is 14.4 Å². The number of aliphatic hydroxyl groups is 1. The van der Waals surface area contributed by atoms with Gasteiger partial charge in [-0.3, -0.25) is 9.59 Å². The molecular formula is C11H19N3O5. The van der Waals surface area contributed by atoms with E-state index in [1.54, 1.807) is 0 Å². The molecule has 1 aliphatic rings. The van der Waals surface area contributed by atoms with Gasteiger partial charge in [-0.2, -0.15) is 0 Å². The summed E-state index contributed by atoms with van der Waals surface area (Å²) in [6, 6.07) is -2.86. The molecule has 2 amide bonds. The van der Waals surface area contributed by atoms with Crippen molar-refractivity contribution in [3.8, 4) is 0 Å². The summed E-state index contributed by atoms with van der Waals surface area (Å²) < 4.78 is 0. The molecule has 108 valence electrons. The minimum atomic E-state index is -1.15. The van der Waals surface area contributed by atoms with E-state index in [2.05, 4.69) is 5.32 Å². The van der Waals surface area contributed by atoms with Crippen LogP contribution in [0.5, 0.6) is 0 Å². The number of carbonyl (C=O) groups is 3. The lowest BCUT2D eigenvalue weighted by Gasteiger charge is -2.26. The standard InChI is InChI=1S/C11H19N3O5/c1-6(12)9(16)13-7(5-15)10(17)14-4-2-3-8(14)11(18)19/h6-8,15H,2-5,12H2,1H3,(H,13,16)(H,18,19)/t6-,7-,8-/m0/s1. The van der Waals surface area contributed by atoms with E-state index >= 15 is 0 Å². The van der Waals surface area contributed by atoms with Gasteiger partial charge in [-0.15, -0.1) is 0 Å². The van der Waals surface area contributed by atoms with Gasteiger partial charge in [0.15, 0.2) is 0 Å². The second-order valence-corrected chi connectivity index (χ2v) is 4.56. The summed E-state index contributed by atoms with van der Waals surface area (Å²) >= 11 is 0. The molecule has 1 aliphatic heterocycles. The number of likely N-dealkylation sites (tertiary alicyclic amines) is 1. The molecule has 1 heterocycles. The molecule has 8 heteroatoms. The quantitative estimate of drug-likeness (QED) is 0.453. The van der Waals surface area contributed by atoms with E-state index in [4.69, 9.17) is 15.9 Å². The highest BCUT2D eigenvalue weighted by atomic mass is 16.4. The Morgan fingerprint density at radius 1 is 1.47 bits per heavy atom. The van der Waals surface area contributed by atoms with E-state index in [0.717, 1.165) is 0 Å². The number of carbonyl (C=O) groups excluding carboxylic acids is 2. The van der Waals surface area contributed by atoms with Crippen LogP contribution in [0.2, 0.25) is 0 Å². The number of hydrogen-bond acceptors (Lipinski definition) is 5. The molecule has 0 bridgehead atoms. The highest BCUT2D eigenvalue weighted by molar-refractivity contribution is 5.92. The highest BCUT2D eigenvalue weighted by Gasteiger charge is 2.37. The number of amides is 2. The molecule has 1 saturated heterocycles. The lowest BCUT2D eigenvalue weighted by molar-refractivity contribution is -0.149. The van der Waals surface area contributed by atoms with Crippen molar-refractivity contribution in [2.75, 3.05) is 13.2 Å². The van der Waals surface area contributed by atoms with Crippen molar-refractivity contribution in [2.24, 2.45) is 5.73 Å². The third-order valence-electron chi connectivity index (χ3n) is 3.03. The Balaban J connectivity index is 2.73. The second kappa shape index (κ2) is 6.48. The molecule has 0 aromatic carbocycles. The molecule has 1 fully saturated rings. The molecule has 0 unspecified atom stereocenters. The van der Waals surface area contributed by atoms with Crippen molar-refractivity contribution in [2.45, 2.75) is 37.9 Å². The zero-order valence-corrected chi connectivity index (χ0v) is 10.7. The predicted molar refractivity (Wildman–Crippen MR) is 65.0 cm³/mol. The minimum absolute atomic E-state index is 0.306. The summed E-state index contributed by atoms with van der Waals surface area (Å²) in [6.45, 7) is 1.16. The summed E-state index contributed by atoms with van der Waals surface area (Å²) in [5.74, 6) is -2.25. The van der Waals surface area contributed by atoms with Crippen molar-refractivity contribution in [1.29, 1.82) is 0 Å². The summed E-state index contributed by atoms with van der Waals surface area (Å²) in [5.41, 5.74) is 5.36. The Morgan fingerprint density at radius 3 is 2.58 bits per heavy atom. The number of nitrogens with zero attached hydrogens (tertiary/aromatic N) is 1. The van der Waals surface area contributed by atoms with Gasteiger partial charge < -0.3 is 26.2 Å². The molecule has 5 N–H and O–H groups in total. The third kappa shape index (κ3) is 3.65. The summed E-state index contributed by atoms with van der Waals surface area (Å²) in [5, 5.41) is 20.5. The van der Waals surface area contributed by atoms with Crippen LogP contribution in [-0.4, -0.2) is 64.2 Å². The lowest BCUT2D eigenvalue weighted by atomic mass is 10.2. The first kappa shape index (κ1) is 15.4. The molecular weight excluding hydrogens is 254 g/mol. The van der Waals surface area contributed by atoms with Crippen molar-refractivity contribution >= 4 is 17.8 Å². The highest BCUT2D eigenvalue weighted by Crippen LogP contribution is 2.18. The van der Waals surface area contributed by atoms with E-state index in [0.29, 0.717) is 19.4 Å². The van der Waals surface area contributed by atoms with Crippen LogP contribution in [0.25, 0.3) is 0 Å². The first-order valence-corrected chi connectivity index (χ1v) is 6.08. The zero-order chi connectivity index (χ0) is 14.6. The predicted octanol–water partition coefficient (Wildman–Crippen LogP) is -2.11. The molecule has 0 aromatic heterocycles. The fourth-order valence-corrected chi connectivity index (χ4v) is 1.98. The monoisotopic (exact) mass is 273 g/mol. The Bertz CT molecular complexity index is 371. The fraction of sp³-hybridized carbons (Fsp3) is 0.727. The van der Waals surface area contributed by atoms with Crippen molar-refractivity contribution in [1.82, 2.24) is 10.2 Å². The number of carboxylic acids is 1. The zero-order valence-electron chi connectivity index (χ0n) is 10.7. The molecule has 1 rings (SSSR count). The van der Waals surface area contributed by atoms with Gasteiger partial charge in [0.2, 0.25) is 11.8 Å². The average Bonchev–Trinajstić information content (AvgIpc) is 2.83. The van der Waals surface area contributed by atoms with E-state index in [1.807, 2.05) is 0 Å². The SMILES string of the molecule is C[C@H](N)C(=O)N[C@@H](CO)C(=O)N1CCC[C@H]1C(=O)O. The topological polar surface area (TPSA) is 133 Å². The van der Waals surface area contributed by atoms with Crippen LogP contribution < -0.4 is 11.1 Å². The maximum Gasteiger partial charge on any atom is 0.326 e. The van der Waals surface area contributed by atoms with Crippen LogP contribution in [0.1, 0.15) is 19.8 Å². The van der Waals surface area contributed by atoms with Gasteiger partial charge in [0.25, 0.3) is 0 Å². The van der Waals surface area contributed by atoms with Crippen LogP contribution in [0.15, 0.2) is 0 Å². The van der Waals surface area contributed by atoms with Crippen LogP contribution in [0.4, 0.5) is 0 Å². The van der Waals surface area contributed by atoms with Gasteiger partial charge in [0.05, 0.1) is 12.6 Å². The van der Waals surface area contributed by atoms with Crippen LogP contribution >= 0.6 is 0 Å². The van der Waals surface area contributed by atoms with E-state index < -0.39 is 42.5 Å². The van der Waals surface area contributed by atoms with Crippen molar-refractivity contribution in [3.63, 3.8) is 0 Å². The smallest absolute Gasteiger partial charge is 0.326 e. The molecule has 0 aliphatic carbocycles. The first-order valence-electron chi connectivity index (χ1n) is 6.08. The molecule has 19 heavy (non-hydrogen) atoms. The van der Waals surface area contributed by atoms with Crippen LogP contribution in [-0.2, 0) is 14.4 Å². The third-order valence-corrected chi connectivity index (χ3v) is 3.03. The molecule has 0 radical (unpaired) electrons. The fourth-order valence-electron chi connectivity index (χ4n) is 1.98. The molecule has 0 aromatic rings. The normalized spacial score (nSPS) is 21.8. The van der Waals surface area contributed by atoms with Crippen molar-refractivity contribution in [3.05, 3.63) is 0 Å². The minimum Gasteiger partial charge on any atom is -0.480 e. The van der Waals surface area contributed by atoms with E-state index in [1.165, 1.54) is 11.8 Å². The van der Waals surface area contributed by atoms with E-state index in [-0.39, 0.29) is 0 Å². The Kier molecular flexibility index (Phi) is 5.25. The Morgan fingerprint density at radius 2 is 2.11 bits per heavy atom. The van der Waals surface area contributed by atoms with Crippen LogP contribution in [0.3, 0.4) is 0 Å². The number of aliphatic carboxylic acids is 1. The Labute approximate surface area is 110 Å². The van der Waals surface area contributed by atoms with Crippen LogP contribution in [0, 0.1) is 0 Å². The number of rotatable bonds is 5. The van der Waals surface area contributed by atoms with Gasteiger partial charge in [0.1, 0.15) is 12.1 Å². The number of nitrogens with one attached hydrogen (secondary N) is 1. The maximum atomic E-state index is 12.1. The summed E-state index contributed by atoms with van der Waals surface area (Å²) in [7, 11) is 0. The Hall–Kier alpha value is -1.67. The number of aliphatic hydroxyl groups excluding tert-OH is 1. The van der Waals surface area contributed by atoms with Gasteiger partial charge in [-0.05, 0) is 19.8 Å². The average molecular weight is 273 g/mol. The first-order chi connectivity index (χ1) is 8.88. The summed E-state index contributed by atoms with van der Waals surface area (Å²) in [6.07, 6.45) is 0.961. The molecule has 0 spiro atoms. The number of nitrogens with two attached hydrogens (primary N) is 1. The maximum absolute atomic E-state index is 12.1. The number of carboxylic acid groups (broad SMARTS) is 1.